The number of likely N-dealkylation sites (N-methyl/N-ethyl adjacent to an activating group) is 1. The number of rotatable bonds is 4. The molecule has 19 heavy (non-hydrogen) atoms. The van der Waals surface area contributed by atoms with Gasteiger partial charge in [-0.25, -0.2) is 0 Å². The smallest absolute Gasteiger partial charge is 0.248 e. The number of likely N-dealkylation sites (tertiary alicyclic amines) is 1. The Labute approximate surface area is 116 Å². The van der Waals surface area contributed by atoms with Gasteiger partial charge in [-0.1, -0.05) is 0 Å². The number of nitrogens with zero attached hydrogens (tertiary/aromatic N) is 3. The van der Waals surface area contributed by atoms with Crippen molar-refractivity contribution in [2.75, 3.05) is 66.6 Å². The summed E-state index contributed by atoms with van der Waals surface area (Å²) in [5.74, 6) is 0.899. The number of piperidine rings is 1. The van der Waals surface area contributed by atoms with Gasteiger partial charge in [0, 0.05) is 52.9 Å². The van der Waals surface area contributed by atoms with Gasteiger partial charge in [-0.15, -0.1) is 0 Å². The third-order valence-corrected chi connectivity index (χ3v) is 4.35. The van der Waals surface area contributed by atoms with Crippen molar-refractivity contribution >= 4 is 5.91 Å². The standard InChI is InChI=1S/C14H27N3O2/c1-15-7-9-16(10-8-15)11-13-3-5-17(6-4-13)14(18)12-19-2/h13H,3-12H2,1-2H3. The fraction of sp³-hybridized carbons (Fsp3) is 0.929. The number of hydrogen-bond acceptors (Lipinski definition) is 4. The molecule has 0 aromatic heterocycles. The highest BCUT2D eigenvalue weighted by molar-refractivity contribution is 5.77. The van der Waals surface area contributed by atoms with E-state index >= 15 is 0 Å². The number of ether oxygens (including phenoxy) is 1. The lowest BCUT2D eigenvalue weighted by Crippen LogP contribution is -2.48. The van der Waals surface area contributed by atoms with Gasteiger partial charge in [0.2, 0.25) is 5.91 Å². The second kappa shape index (κ2) is 7.22. The van der Waals surface area contributed by atoms with Crippen LogP contribution in [0.15, 0.2) is 0 Å². The van der Waals surface area contributed by atoms with Crippen LogP contribution in [0.4, 0.5) is 0 Å². The topological polar surface area (TPSA) is 36.0 Å². The minimum atomic E-state index is 0.139. The lowest BCUT2D eigenvalue weighted by atomic mass is 9.96. The van der Waals surface area contributed by atoms with Crippen molar-refractivity contribution in [2.24, 2.45) is 5.92 Å². The second-order valence-corrected chi connectivity index (χ2v) is 5.86. The average Bonchev–Trinajstić information content (AvgIpc) is 2.42. The number of methoxy groups -OCH3 is 1. The maximum Gasteiger partial charge on any atom is 0.248 e. The molecule has 0 aliphatic carbocycles. The van der Waals surface area contributed by atoms with Crippen LogP contribution in [0.2, 0.25) is 0 Å². The number of hydrogen-bond donors (Lipinski definition) is 0. The maximum absolute atomic E-state index is 11.7. The van der Waals surface area contributed by atoms with Crippen LogP contribution in [0.5, 0.6) is 0 Å². The molecule has 0 bridgehead atoms. The van der Waals surface area contributed by atoms with Gasteiger partial charge in [0.25, 0.3) is 0 Å². The SMILES string of the molecule is COCC(=O)N1CCC(CN2CCN(C)CC2)CC1. The van der Waals surface area contributed by atoms with Crippen molar-refractivity contribution < 1.29 is 9.53 Å². The van der Waals surface area contributed by atoms with Crippen LogP contribution in [-0.4, -0.2) is 87.2 Å². The maximum atomic E-state index is 11.7. The molecule has 2 rings (SSSR count). The van der Waals surface area contributed by atoms with Crippen molar-refractivity contribution in [3.8, 4) is 0 Å². The van der Waals surface area contributed by atoms with Gasteiger partial charge >= 0.3 is 0 Å². The molecule has 2 aliphatic heterocycles. The monoisotopic (exact) mass is 269 g/mol. The van der Waals surface area contributed by atoms with Gasteiger partial charge in [0.1, 0.15) is 6.61 Å². The van der Waals surface area contributed by atoms with E-state index in [1.165, 1.54) is 32.7 Å². The molecule has 0 unspecified atom stereocenters. The van der Waals surface area contributed by atoms with E-state index in [-0.39, 0.29) is 12.5 Å². The highest BCUT2D eigenvalue weighted by atomic mass is 16.5. The van der Waals surface area contributed by atoms with Crippen LogP contribution in [-0.2, 0) is 9.53 Å². The van der Waals surface area contributed by atoms with E-state index in [4.69, 9.17) is 4.74 Å². The Hall–Kier alpha value is -0.650. The molecule has 2 saturated heterocycles. The molecule has 0 aromatic rings. The largest absolute Gasteiger partial charge is 0.375 e. The number of piperazine rings is 1. The van der Waals surface area contributed by atoms with E-state index in [0.717, 1.165) is 31.8 Å². The molecule has 2 aliphatic rings. The summed E-state index contributed by atoms with van der Waals surface area (Å²) in [6.45, 7) is 8.00. The van der Waals surface area contributed by atoms with E-state index in [0.29, 0.717) is 0 Å². The van der Waals surface area contributed by atoms with E-state index in [1.54, 1.807) is 7.11 Å². The Morgan fingerprint density at radius 1 is 1.11 bits per heavy atom. The summed E-state index contributed by atoms with van der Waals surface area (Å²) in [6, 6.07) is 0. The van der Waals surface area contributed by atoms with Gasteiger partial charge in [0.05, 0.1) is 0 Å². The van der Waals surface area contributed by atoms with Crippen LogP contribution in [0.3, 0.4) is 0 Å². The summed E-state index contributed by atoms with van der Waals surface area (Å²) in [5, 5.41) is 0. The molecular formula is C14H27N3O2. The Kier molecular flexibility index (Phi) is 5.60. The van der Waals surface area contributed by atoms with Crippen LogP contribution in [0.1, 0.15) is 12.8 Å². The molecule has 0 aromatic carbocycles. The Balaban J connectivity index is 1.67. The summed E-state index contributed by atoms with van der Waals surface area (Å²) in [5.41, 5.74) is 0. The zero-order chi connectivity index (χ0) is 13.7. The van der Waals surface area contributed by atoms with Crippen molar-refractivity contribution in [3.63, 3.8) is 0 Å². The summed E-state index contributed by atoms with van der Waals surface area (Å²) in [7, 11) is 3.77. The lowest BCUT2D eigenvalue weighted by Gasteiger charge is -2.37. The molecule has 0 radical (unpaired) electrons. The van der Waals surface area contributed by atoms with E-state index in [9.17, 15) is 4.79 Å². The minimum absolute atomic E-state index is 0.139. The lowest BCUT2D eigenvalue weighted by molar-refractivity contribution is -0.136. The molecule has 0 N–H and O–H groups in total. The zero-order valence-corrected chi connectivity index (χ0v) is 12.3. The van der Waals surface area contributed by atoms with E-state index in [2.05, 4.69) is 16.8 Å². The third kappa shape index (κ3) is 4.44. The summed E-state index contributed by atoms with van der Waals surface area (Å²) >= 11 is 0. The minimum Gasteiger partial charge on any atom is -0.375 e. The normalized spacial score (nSPS) is 23.8. The molecule has 0 spiro atoms. The van der Waals surface area contributed by atoms with Gasteiger partial charge in [-0.3, -0.25) is 4.79 Å². The average molecular weight is 269 g/mol. The Morgan fingerprint density at radius 3 is 2.32 bits per heavy atom. The van der Waals surface area contributed by atoms with Crippen LogP contribution in [0, 0.1) is 5.92 Å². The van der Waals surface area contributed by atoms with Crippen LogP contribution < -0.4 is 0 Å². The van der Waals surface area contributed by atoms with E-state index < -0.39 is 0 Å². The van der Waals surface area contributed by atoms with Crippen molar-refractivity contribution in [3.05, 3.63) is 0 Å². The van der Waals surface area contributed by atoms with Gasteiger partial charge in [-0.2, -0.15) is 0 Å². The predicted octanol–water partition coefficient (Wildman–Crippen LogP) is 0.119. The molecule has 2 fully saturated rings. The Morgan fingerprint density at radius 2 is 1.74 bits per heavy atom. The van der Waals surface area contributed by atoms with E-state index in [1.807, 2.05) is 4.90 Å². The zero-order valence-electron chi connectivity index (χ0n) is 12.3. The second-order valence-electron chi connectivity index (χ2n) is 5.86. The quantitative estimate of drug-likeness (QED) is 0.726. The first-order valence-corrected chi connectivity index (χ1v) is 7.36. The molecule has 2 heterocycles. The molecule has 0 saturated carbocycles. The number of amides is 1. The van der Waals surface area contributed by atoms with Crippen molar-refractivity contribution in [2.45, 2.75) is 12.8 Å². The van der Waals surface area contributed by atoms with Crippen molar-refractivity contribution in [1.82, 2.24) is 14.7 Å². The summed E-state index contributed by atoms with van der Waals surface area (Å²) in [4.78, 5) is 18.6. The fourth-order valence-electron chi connectivity index (χ4n) is 2.98. The first-order valence-electron chi connectivity index (χ1n) is 7.36. The molecule has 1 amide bonds. The molecule has 5 heteroatoms. The third-order valence-electron chi connectivity index (χ3n) is 4.35. The van der Waals surface area contributed by atoms with Gasteiger partial charge in [-0.05, 0) is 25.8 Å². The molecular weight excluding hydrogens is 242 g/mol. The summed E-state index contributed by atoms with van der Waals surface area (Å²) < 4.78 is 4.91. The first kappa shape index (κ1) is 14.8. The van der Waals surface area contributed by atoms with Gasteiger partial charge < -0.3 is 19.4 Å². The predicted molar refractivity (Wildman–Crippen MR) is 75.1 cm³/mol. The van der Waals surface area contributed by atoms with Gasteiger partial charge in [0.15, 0.2) is 0 Å². The number of carbonyl (C=O) groups excluding carboxylic acids is 1. The molecule has 5 nitrogen and oxygen atoms in total. The van der Waals surface area contributed by atoms with Crippen LogP contribution in [0.25, 0.3) is 0 Å². The highest BCUT2D eigenvalue weighted by Crippen LogP contribution is 2.19. The Bertz CT molecular complexity index is 282. The highest BCUT2D eigenvalue weighted by Gasteiger charge is 2.25. The first-order chi connectivity index (χ1) is 9.19. The molecule has 0 atom stereocenters. The van der Waals surface area contributed by atoms with Crippen LogP contribution >= 0.6 is 0 Å². The fourth-order valence-corrected chi connectivity index (χ4v) is 2.98. The molecule has 110 valence electrons. The van der Waals surface area contributed by atoms with Crippen molar-refractivity contribution in [1.29, 1.82) is 0 Å². The number of carbonyl (C=O) groups is 1. The summed E-state index contributed by atoms with van der Waals surface area (Å²) in [6.07, 6.45) is 2.28.